The van der Waals surface area contributed by atoms with Crippen LogP contribution in [0.3, 0.4) is 0 Å². The van der Waals surface area contributed by atoms with Crippen molar-refractivity contribution in [3.05, 3.63) is 64.1 Å². The number of hydrogen-bond acceptors (Lipinski definition) is 4. The molecule has 0 saturated carbocycles. The molecule has 1 heterocycles. The molecule has 0 bridgehead atoms. The van der Waals surface area contributed by atoms with Crippen LogP contribution in [0.4, 0.5) is 5.69 Å². The zero-order valence-electron chi connectivity index (χ0n) is 15.1. The van der Waals surface area contributed by atoms with Crippen LogP contribution in [0.25, 0.3) is 0 Å². The second-order valence-corrected chi connectivity index (χ2v) is 6.20. The van der Waals surface area contributed by atoms with Crippen molar-refractivity contribution in [2.45, 2.75) is 39.9 Å². The molecular weight excluding hydrogens is 447 g/mol. The number of halogens is 1. The van der Waals surface area contributed by atoms with Gasteiger partial charge in [0.15, 0.2) is 5.96 Å². The summed E-state index contributed by atoms with van der Waals surface area (Å²) in [5, 5.41) is 17.3. The first kappa shape index (κ1) is 21.9. The molecule has 8 heteroatoms. The highest BCUT2D eigenvalue weighted by Crippen LogP contribution is 2.12. The van der Waals surface area contributed by atoms with Gasteiger partial charge in [-0.05, 0) is 30.5 Å². The van der Waals surface area contributed by atoms with Crippen molar-refractivity contribution in [1.29, 1.82) is 0 Å². The van der Waals surface area contributed by atoms with Crippen molar-refractivity contribution in [2.75, 3.05) is 0 Å². The van der Waals surface area contributed by atoms with Crippen LogP contribution in [0.2, 0.25) is 0 Å². The molecule has 2 rings (SSSR count). The number of aliphatic imine (C=N–C) groups is 1. The molecule has 142 valence electrons. The van der Waals surface area contributed by atoms with Gasteiger partial charge in [-0.3, -0.25) is 10.1 Å². The fourth-order valence-corrected chi connectivity index (χ4v) is 2.01. The molecule has 0 radical (unpaired) electrons. The van der Waals surface area contributed by atoms with E-state index in [9.17, 15) is 10.1 Å². The Labute approximate surface area is 170 Å². The molecule has 0 spiro atoms. The van der Waals surface area contributed by atoms with Gasteiger partial charge < -0.3 is 15.1 Å². The lowest BCUT2D eigenvalue weighted by molar-refractivity contribution is -0.384. The third-order valence-corrected chi connectivity index (χ3v) is 3.94. The number of nitro benzene ring substituents is 1. The van der Waals surface area contributed by atoms with Gasteiger partial charge in [-0.2, -0.15) is 0 Å². The van der Waals surface area contributed by atoms with E-state index in [1.807, 2.05) is 12.1 Å². The standard InChI is InChI=1S/C18H24N4O3.HI/c1-13(2)14(3)21-18(20-12-17-5-4-10-25-17)19-11-15-6-8-16(9-7-15)22(23)24;/h4-10,13-14H,11-12H2,1-3H3,(H2,19,20,21);1H. The van der Waals surface area contributed by atoms with Crippen LogP contribution >= 0.6 is 24.0 Å². The number of rotatable bonds is 7. The third kappa shape index (κ3) is 7.03. The monoisotopic (exact) mass is 472 g/mol. The van der Waals surface area contributed by atoms with Crippen molar-refractivity contribution < 1.29 is 9.34 Å². The first-order valence-corrected chi connectivity index (χ1v) is 8.26. The summed E-state index contributed by atoms with van der Waals surface area (Å²) in [5.41, 5.74) is 0.984. The normalized spacial score (nSPS) is 12.4. The van der Waals surface area contributed by atoms with E-state index in [0.717, 1.165) is 11.3 Å². The zero-order valence-corrected chi connectivity index (χ0v) is 17.5. The number of furan rings is 1. The number of hydrogen-bond donors (Lipinski definition) is 2. The Balaban J connectivity index is 0.00000338. The molecule has 0 saturated heterocycles. The first-order valence-electron chi connectivity index (χ1n) is 8.26. The molecule has 1 aromatic carbocycles. The van der Waals surface area contributed by atoms with Crippen LogP contribution in [0.15, 0.2) is 52.1 Å². The topological polar surface area (TPSA) is 92.7 Å². The molecule has 1 atom stereocenters. The number of nitrogens with zero attached hydrogens (tertiary/aromatic N) is 2. The van der Waals surface area contributed by atoms with E-state index < -0.39 is 4.92 Å². The largest absolute Gasteiger partial charge is 0.467 e. The van der Waals surface area contributed by atoms with E-state index in [0.29, 0.717) is 25.0 Å². The molecule has 26 heavy (non-hydrogen) atoms. The molecule has 1 unspecified atom stereocenters. The Kier molecular flexibility index (Phi) is 9.11. The number of guanidine groups is 1. The summed E-state index contributed by atoms with van der Waals surface area (Å²) in [5.74, 6) is 1.95. The minimum absolute atomic E-state index is 0. The van der Waals surface area contributed by atoms with Crippen molar-refractivity contribution in [2.24, 2.45) is 10.9 Å². The highest BCUT2D eigenvalue weighted by atomic mass is 127. The van der Waals surface area contributed by atoms with Gasteiger partial charge in [0.05, 0.1) is 24.3 Å². The Morgan fingerprint density at radius 3 is 2.46 bits per heavy atom. The average molecular weight is 472 g/mol. The Hall–Kier alpha value is -2.10. The molecule has 0 aliphatic heterocycles. The lowest BCUT2D eigenvalue weighted by atomic mass is 10.1. The van der Waals surface area contributed by atoms with Gasteiger partial charge in [0.1, 0.15) is 5.76 Å². The summed E-state index contributed by atoms with van der Waals surface area (Å²) >= 11 is 0. The van der Waals surface area contributed by atoms with Gasteiger partial charge in [-0.15, -0.1) is 24.0 Å². The fourth-order valence-electron chi connectivity index (χ4n) is 2.01. The Morgan fingerprint density at radius 2 is 1.92 bits per heavy atom. The van der Waals surface area contributed by atoms with Crippen LogP contribution < -0.4 is 10.6 Å². The third-order valence-electron chi connectivity index (χ3n) is 3.94. The highest BCUT2D eigenvalue weighted by Gasteiger charge is 2.10. The lowest BCUT2D eigenvalue weighted by Crippen LogP contribution is -2.44. The van der Waals surface area contributed by atoms with Gasteiger partial charge in [-0.25, -0.2) is 4.99 Å². The zero-order chi connectivity index (χ0) is 18.2. The Bertz CT molecular complexity index is 700. The van der Waals surface area contributed by atoms with Crippen LogP contribution in [0.5, 0.6) is 0 Å². The Morgan fingerprint density at radius 1 is 1.23 bits per heavy atom. The molecule has 0 amide bonds. The maximum Gasteiger partial charge on any atom is 0.269 e. The maximum atomic E-state index is 10.7. The van der Waals surface area contributed by atoms with E-state index in [2.05, 4.69) is 36.4 Å². The second-order valence-electron chi connectivity index (χ2n) is 6.20. The minimum atomic E-state index is -0.407. The molecule has 2 N–H and O–H groups in total. The summed E-state index contributed by atoms with van der Waals surface area (Å²) in [6, 6.07) is 10.4. The quantitative estimate of drug-likeness (QED) is 0.208. The molecular formula is C18H25IN4O3. The van der Waals surface area contributed by atoms with Gasteiger partial charge in [-0.1, -0.05) is 26.0 Å². The van der Waals surface area contributed by atoms with E-state index in [4.69, 9.17) is 4.42 Å². The summed E-state index contributed by atoms with van der Waals surface area (Å²) in [6.45, 7) is 7.33. The molecule has 0 aliphatic carbocycles. The van der Waals surface area contributed by atoms with Crippen molar-refractivity contribution in [1.82, 2.24) is 10.6 Å². The van der Waals surface area contributed by atoms with Crippen molar-refractivity contribution in [3.8, 4) is 0 Å². The van der Waals surface area contributed by atoms with E-state index in [1.165, 1.54) is 12.1 Å². The smallest absolute Gasteiger partial charge is 0.269 e. The summed E-state index contributed by atoms with van der Waals surface area (Å²) < 4.78 is 5.33. The van der Waals surface area contributed by atoms with Gasteiger partial charge in [0.2, 0.25) is 0 Å². The fraction of sp³-hybridized carbons (Fsp3) is 0.389. The van der Waals surface area contributed by atoms with Gasteiger partial charge in [0.25, 0.3) is 5.69 Å². The molecule has 0 fully saturated rings. The predicted octanol–water partition coefficient (Wildman–Crippen LogP) is 4.09. The summed E-state index contributed by atoms with van der Waals surface area (Å²) in [6.07, 6.45) is 1.63. The minimum Gasteiger partial charge on any atom is -0.467 e. The average Bonchev–Trinajstić information content (AvgIpc) is 3.10. The summed E-state index contributed by atoms with van der Waals surface area (Å²) in [7, 11) is 0. The van der Waals surface area contributed by atoms with Crippen molar-refractivity contribution in [3.63, 3.8) is 0 Å². The molecule has 7 nitrogen and oxygen atoms in total. The van der Waals surface area contributed by atoms with Crippen molar-refractivity contribution >= 4 is 35.6 Å². The van der Waals surface area contributed by atoms with Crippen LogP contribution in [0, 0.1) is 16.0 Å². The lowest BCUT2D eigenvalue weighted by Gasteiger charge is -2.21. The van der Waals surface area contributed by atoms with Crippen LogP contribution in [-0.4, -0.2) is 16.9 Å². The van der Waals surface area contributed by atoms with Crippen LogP contribution in [0.1, 0.15) is 32.1 Å². The van der Waals surface area contributed by atoms with E-state index >= 15 is 0 Å². The van der Waals surface area contributed by atoms with Gasteiger partial charge >= 0.3 is 0 Å². The maximum absolute atomic E-state index is 10.7. The van der Waals surface area contributed by atoms with E-state index in [1.54, 1.807) is 18.4 Å². The highest BCUT2D eigenvalue weighted by molar-refractivity contribution is 14.0. The van der Waals surface area contributed by atoms with E-state index in [-0.39, 0.29) is 35.7 Å². The number of nitro groups is 1. The second kappa shape index (κ2) is 10.8. The SMILES string of the molecule is CC(C)C(C)NC(=NCc1ccc([N+](=O)[O-])cc1)NCc1ccco1.I. The number of non-ortho nitro benzene ring substituents is 1. The molecule has 1 aromatic heterocycles. The number of nitrogens with one attached hydrogen (secondary N) is 2. The van der Waals surface area contributed by atoms with Gasteiger partial charge in [0, 0.05) is 18.2 Å². The predicted molar refractivity (Wildman–Crippen MR) is 113 cm³/mol. The first-order chi connectivity index (χ1) is 12.0. The number of benzene rings is 1. The van der Waals surface area contributed by atoms with Crippen LogP contribution in [-0.2, 0) is 13.1 Å². The molecule has 0 aliphatic rings. The molecule has 2 aromatic rings. The summed E-state index contributed by atoms with van der Waals surface area (Å²) in [4.78, 5) is 14.9.